The number of benzene rings is 2. The van der Waals surface area contributed by atoms with Crippen molar-refractivity contribution >= 4 is 17.3 Å². The van der Waals surface area contributed by atoms with Gasteiger partial charge < -0.3 is 5.73 Å². The van der Waals surface area contributed by atoms with Gasteiger partial charge in [-0.2, -0.15) is 0 Å². The van der Waals surface area contributed by atoms with Crippen LogP contribution in [-0.4, -0.2) is 0 Å². The van der Waals surface area contributed by atoms with Crippen LogP contribution in [0.3, 0.4) is 0 Å². The molecule has 0 unspecified atom stereocenters. The second-order valence-electron chi connectivity index (χ2n) is 3.79. The van der Waals surface area contributed by atoms with Gasteiger partial charge in [0.05, 0.1) is 10.7 Å². The van der Waals surface area contributed by atoms with E-state index in [-0.39, 0.29) is 11.1 Å². The van der Waals surface area contributed by atoms with E-state index in [0.717, 1.165) is 0 Å². The van der Waals surface area contributed by atoms with E-state index >= 15 is 0 Å². The van der Waals surface area contributed by atoms with Crippen molar-refractivity contribution < 1.29 is 8.78 Å². The maximum Gasteiger partial charge on any atom is 0.166 e. The largest absolute Gasteiger partial charge is 0.398 e. The maximum atomic E-state index is 13.7. The molecular formula is C13H10ClF2N. The van der Waals surface area contributed by atoms with Crippen molar-refractivity contribution in [1.82, 2.24) is 0 Å². The lowest BCUT2D eigenvalue weighted by molar-refractivity contribution is 0.505. The minimum absolute atomic E-state index is 0.177. The molecule has 17 heavy (non-hydrogen) atoms. The Kier molecular flexibility index (Phi) is 3.03. The monoisotopic (exact) mass is 253 g/mol. The molecule has 0 atom stereocenters. The van der Waals surface area contributed by atoms with Crippen LogP contribution in [0.2, 0.25) is 5.02 Å². The van der Waals surface area contributed by atoms with Gasteiger partial charge in [0.1, 0.15) is 0 Å². The number of nitrogens with two attached hydrogens (primary N) is 1. The minimum Gasteiger partial charge on any atom is -0.398 e. The average molecular weight is 254 g/mol. The standard InChI is InChI=1S/C13H10ClF2N/c1-7-2-4-9(13(16)12(7)15)8-3-5-10(14)11(17)6-8/h2-6H,17H2,1H3. The zero-order chi connectivity index (χ0) is 12.6. The van der Waals surface area contributed by atoms with Crippen LogP contribution in [0.5, 0.6) is 0 Å². The molecule has 2 aromatic carbocycles. The van der Waals surface area contributed by atoms with Crippen LogP contribution >= 0.6 is 11.6 Å². The fourth-order valence-corrected chi connectivity index (χ4v) is 1.70. The van der Waals surface area contributed by atoms with Crippen molar-refractivity contribution in [3.05, 3.63) is 52.6 Å². The molecule has 0 saturated carbocycles. The number of hydrogen-bond donors (Lipinski definition) is 1. The molecule has 0 radical (unpaired) electrons. The highest BCUT2D eigenvalue weighted by molar-refractivity contribution is 6.33. The van der Waals surface area contributed by atoms with Crippen molar-refractivity contribution in [3.63, 3.8) is 0 Å². The molecule has 0 aliphatic carbocycles. The van der Waals surface area contributed by atoms with E-state index in [1.54, 1.807) is 12.1 Å². The summed E-state index contributed by atoms with van der Waals surface area (Å²) >= 11 is 5.77. The average Bonchev–Trinajstić information content (AvgIpc) is 2.30. The van der Waals surface area contributed by atoms with E-state index in [0.29, 0.717) is 16.3 Å². The zero-order valence-corrected chi connectivity index (χ0v) is 9.85. The molecule has 0 aliphatic heterocycles. The Morgan fingerprint density at radius 2 is 1.76 bits per heavy atom. The van der Waals surface area contributed by atoms with Crippen LogP contribution in [0.4, 0.5) is 14.5 Å². The summed E-state index contributed by atoms with van der Waals surface area (Å²) in [7, 11) is 0. The van der Waals surface area contributed by atoms with Crippen LogP contribution in [-0.2, 0) is 0 Å². The molecule has 2 rings (SSSR count). The van der Waals surface area contributed by atoms with Gasteiger partial charge >= 0.3 is 0 Å². The Labute approximate surface area is 103 Å². The third kappa shape index (κ3) is 2.11. The SMILES string of the molecule is Cc1ccc(-c2ccc(Cl)c(N)c2)c(F)c1F. The van der Waals surface area contributed by atoms with Gasteiger partial charge in [0, 0.05) is 5.56 Å². The summed E-state index contributed by atoms with van der Waals surface area (Å²) in [6.45, 7) is 1.51. The topological polar surface area (TPSA) is 26.0 Å². The molecule has 0 saturated heterocycles. The van der Waals surface area contributed by atoms with E-state index in [1.165, 1.54) is 25.1 Å². The summed E-state index contributed by atoms with van der Waals surface area (Å²) < 4.78 is 27.2. The van der Waals surface area contributed by atoms with Gasteiger partial charge in [-0.05, 0) is 30.2 Å². The van der Waals surface area contributed by atoms with Crippen LogP contribution < -0.4 is 5.73 Å². The van der Waals surface area contributed by atoms with Crippen molar-refractivity contribution in [3.8, 4) is 11.1 Å². The van der Waals surface area contributed by atoms with Crippen molar-refractivity contribution in [2.75, 3.05) is 5.73 Å². The number of halogens is 3. The molecule has 0 bridgehead atoms. The van der Waals surface area contributed by atoms with E-state index in [4.69, 9.17) is 17.3 Å². The lowest BCUT2D eigenvalue weighted by Crippen LogP contribution is -1.94. The lowest BCUT2D eigenvalue weighted by Gasteiger charge is -2.07. The molecule has 4 heteroatoms. The predicted octanol–water partition coefficient (Wildman–Crippen LogP) is 4.18. The highest BCUT2D eigenvalue weighted by Gasteiger charge is 2.13. The van der Waals surface area contributed by atoms with Crippen molar-refractivity contribution in [2.24, 2.45) is 0 Å². The van der Waals surface area contributed by atoms with Crippen LogP contribution in [0, 0.1) is 18.6 Å². The van der Waals surface area contributed by atoms with Crippen molar-refractivity contribution in [2.45, 2.75) is 6.92 Å². The molecule has 0 heterocycles. The van der Waals surface area contributed by atoms with Gasteiger partial charge in [0.2, 0.25) is 0 Å². The molecule has 0 aliphatic rings. The smallest absolute Gasteiger partial charge is 0.166 e. The quantitative estimate of drug-likeness (QED) is 0.758. The summed E-state index contributed by atoms with van der Waals surface area (Å²) in [5.41, 5.74) is 6.92. The molecule has 0 amide bonds. The first-order valence-electron chi connectivity index (χ1n) is 5.00. The molecule has 0 fully saturated rings. The summed E-state index contributed by atoms with van der Waals surface area (Å²) in [4.78, 5) is 0. The normalized spacial score (nSPS) is 10.6. The number of anilines is 1. The van der Waals surface area contributed by atoms with Crippen LogP contribution in [0.1, 0.15) is 5.56 Å². The first-order chi connectivity index (χ1) is 8.00. The second-order valence-corrected chi connectivity index (χ2v) is 4.20. The Hall–Kier alpha value is -1.61. The highest BCUT2D eigenvalue weighted by atomic mass is 35.5. The maximum absolute atomic E-state index is 13.7. The Morgan fingerprint density at radius 1 is 1.06 bits per heavy atom. The Balaban J connectivity index is 2.61. The molecule has 2 aromatic rings. The third-order valence-corrected chi connectivity index (χ3v) is 2.93. The predicted molar refractivity (Wildman–Crippen MR) is 66.0 cm³/mol. The molecule has 0 spiro atoms. The summed E-state index contributed by atoms with van der Waals surface area (Å²) in [5.74, 6) is -1.71. The number of rotatable bonds is 1. The van der Waals surface area contributed by atoms with Gasteiger partial charge in [-0.3, -0.25) is 0 Å². The van der Waals surface area contributed by atoms with Crippen LogP contribution in [0.15, 0.2) is 30.3 Å². The first-order valence-corrected chi connectivity index (χ1v) is 5.38. The minimum atomic E-state index is -0.869. The molecule has 0 aromatic heterocycles. The van der Waals surface area contributed by atoms with E-state index in [2.05, 4.69) is 0 Å². The van der Waals surface area contributed by atoms with Gasteiger partial charge in [-0.1, -0.05) is 29.8 Å². The second kappa shape index (κ2) is 4.34. The number of hydrogen-bond acceptors (Lipinski definition) is 1. The molecule has 1 nitrogen and oxygen atoms in total. The highest BCUT2D eigenvalue weighted by Crippen LogP contribution is 2.30. The van der Waals surface area contributed by atoms with E-state index in [1.807, 2.05) is 0 Å². The molecule has 88 valence electrons. The lowest BCUT2D eigenvalue weighted by atomic mass is 10.0. The summed E-state index contributed by atoms with van der Waals surface area (Å²) in [6.07, 6.45) is 0. The fourth-order valence-electron chi connectivity index (χ4n) is 1.58. The first kappa shape index (κ1) is 11.9. The van der Waals surface area contributed by atoms with E-state index < -0.39 is 11.6 Å². The van der Waals surface area contributed by atoms with Crippen molar-refractivity contribution in [1.29, 1.82) is 0 Å². The van der Waals surface area contributed by atoms with Crippen LogP contribution in [0.25, 0.3) is 11.1 Å². The summed E-state index contributed by atoms with van der Waals surface area (Å²) in [6, 6.07) is 7.74. The van der Waals surface area contributed by atoms with Gasteiger partial charge in [0.15, 0.2) is 11.6 Å². The zero-order valence-electron chi connectivity index (χ0n) is 9.10. The molecular weight excluding hydrogens is 244 g/mol. The third-order valence-electron chi connectivity index (χ3n) is 2.58. The summed E-state index contributed by atoms with van der Waals surface area (Å²) in [5, 5.41) is 0.391. The van der Waals surface area contributed by atoms with E-state index in [9.17, 15) is 8.78 Å². The Bertz CT molecular complexity index is 582. The number of nitrogen functional groups attached to an aromatic ring is 1. The van der Waals surface area contributed by atoms with Gasteiger partial charge in [0.25, 0.3) is 0 Å². The fraction of sp³-hybridized carbons (Fsp3) is 0.0769. The van der Waals surface area contributed by atoms with Gasteiger partial charge in [-0.15, -0.1) is 0 Å². The Morgan fingerprint density at radius 3 is 2.41 bits per heavy atom. The molecule has 2 N–H and O–H groups in total. The van der Waals surface area contributed by atoms with Gasteiger partial charge in [-0.25, -0.2) is 8.78 Å². The number of aryl methyl sites for hydroxylation is 1.